The van der Waals surface area contributed by atoms with E-state index in [0.29, 0.717) is 0 Å². The van der Waals surface area contributed by atoms with Crippen molar-refractivity contribution in [1.82, 2.24) is 0 Å². The normalized spacial score (nSPS) is 8.44. The first kappa shape index (κ1) is 16.4. The minimum absolute atomic E-state index is 0. The first-order valence-electron chi connectivity index (χ1n) is 1.17. The Morgan fingerprint density at radius 3 is 1.33 bits per heavy atom. The van der Waals surface area contributed by atoms with Crippen molar-refractivity contribution in [2.24, 2.45) is 11.8 Å². The molecule has 0 amide bonds. The van der Waals surface area contributed by atoms with Crippen molar-refractivity contribution in [2.75, 3.05) is 0 Å². The van der Waals surface area contributed by atoms with E-state index in [1.54, 1.807) is 0 Å². The molecule has 0 heterocycles. The van der Waals surface area contributed by atoms with Crippen LogP contribution in [0.5, 0.6) is 0 Å². The van der Waals surface area contributed by atoms with Crippen LogP contribution < -0.4 is 41.4 Å². The van der Waals surface area contributed by atoms with Crippen LogP contribution in [0.3, 0.4) is 0 Å². The molecule has 0 fully saturated rings. The third-order valence-corrected chi connectivity index (χ3v) is 0. The summed E-state index contributed by atoms with van der Waals surface area (Å²) < 4.78 is 31.6. The Balaban J connectivity index is -0.0000000326. The second-order valence-electron chi connectivity index (χ2n) is 0.584. The van der Waals surface area contributed by atoms with Crippen LogP contribution in [0.25, 0.3) is 0 Å². The molecule has 0 aromatic rings. The van der Waals surface area contributed by atoms with Crippen LogP contribution in [0.2, 0.25) is 0 Å². The maximum absolute atomic E-state index is 8.74. The molecule has 6 N–H and O–H groups in total. The van der Waals surface area contributed by atoms with Gasteiger partial charge in [-0.05, 0) is 0 Å². The first-order chi connectivity index (χ1) is 3.41. The van der Waals surface area contributed by atoms with E-state index in [1.807, 2.05) is 0 Å². The quantitative estimate of drug-likeness (QED) is 0.163. The SMILES string of the molecule is NON.O=S(=O)(O)O.[H-].[Na+]. The Morgan fingerprint density at radius 1 is 1.33 bits per heavy atom. The van der Waals surface area contributed by atoms with E-state index in [1.165, 1.54) is 0 Å². The predicted octanol–water partition coefficient (Wildman–Crippen LogP) is -4.79. The molecule has 0 saturated heterocycles. The van der Waals surface area contributed by atoms with E-state index in [-0.39, 0.29) is 31.0 Å². The van der Waals surface area contributed by atoms with Gasteiger partial charge < -0.3 is 1.43 Å². The molecule has 0 aromatic heterocycles. The monoisotopic (exact) mass is 170 g/mol. The van der Waals surface area contributed by atoms with Gasteiger partial charge in [0.1, 0.15) is 0 Å². The molecule has 0 bridgehead atoms. The molecule has 7 nitrogen and oxygen atoms in total. The summed E-state index contributed by atoms with van der Waals surface area (Å²) in [5.41, 5.74) is 0. The molecule has 0 unspecified atom stereocenters. The van der Waals surface area contributed by atoms with E-state index >= 15 is 0 Å². The number of nitrogens with two attached hydrogens (primary N) is 2. The first-order valence-corrected chi connectivity index (χ1v) is 2.57. The third kappa shape index (κ3) is 709. The Labute approximate surface area is 75.6 Å². The van der Waals surface area contributed by atoms with Crippen molar-refractivity contribution in [3.05, 3.63) is 0 Å². The van der Waals surface area contributed by atoms with Crippen LogP contribution in [0, 0.1) is 0 Å². The fourth-order valence-corrected chi connectivity index (χ4v) is 0. The standard InChI is InChI=1S/H4N2O.Na.H2O4S.H/c1-3-2;;1-5(2,3)4;/h1-2H2;;(H2,1,2,3,4);/q;+1;;-1. The smallest absolute Gasteiger partial charge is 1.00 e. The van der Waals surface area contributed by atoms with Crippen LogP contribution in [0.4, 0.5) is 0 Å². The average molecular weight is 170 g/mol. The van der Waals surface area contributed by atoms with Crippen molar-refractivity contribution in [3.8, 4) is 0 Å². The molecule has 54 valence electrons. The number of hydrogen-bond donors (Lipinski definition) is 4. The summed E-state index contributed by atoms with van der Waals surface area (Å²) in [6.45, 7) is 0. The zero-order valence-corrected chi connectivity index (χ0v) is 7.50. The van der Waals surface area contributed by atoms with E-state index in [4.69, 9.17) is 17.5 Å². The summed E-state index contributed by atoms with van der Waals surface area (Å²) in [5, 5.41) is 0. The molecule has 0 aromatic carbocycles. The maximum atomic E-state index is 8.74. The Bertz CT molecular complexity index is 114. The van der Waals surface area contributed by atoms with Gasteiger partial charge in [-0.2, -0.15) is 20.2 Å². The fraction of sp³-hybridized carbons (Fsp3) is 0. The van der Waals surface area contributed by atoms with Crippen LogP contribution in [-0.2, 0) is 15.3 Å². The zero-order valence-electron chi connectivity index (χ0n) is 5.68. The summed E-state index contributed by atoms with van der Waals surface area (Å²) in [4.78, 5) is 3.25. The predicted molar refractivity (Wildman–Crippen MR) is 24.7 cm³/mol. The Kier molecular flexibility index (Phi) is 15.9. The van der Waals surface area contributed by atoms with Crippen molar-refractivity contribution in [3.63, 3.8) is 0 Å². The summed E-state index contributed by atoms with van der Waals surface area (Å²) in [7, 11) is -4.67. The number of rotatable bonds is 0. The zero-order chi connectivity index (χ0) is 7.21. The fourth-order valence-electron chi connectivity index (χ4n) is 0. The van der Waals surface area contributed by atoms with Gasteiger partial charge in [-0.25, -0.2) is 4.94 Å². The molecule has 0 atom stereocenters. The summed E-state index contributed by atoms with van der Waals surface area (Å²) in [6, 6.07) is 0. The van der Waals surface area contributed by atoms with Gasteiger partial charge >= 0.3 is 40.0 Å². The van der Waals surface area contributed by atoms with Gasteiger partial charge in [-0.1, -0.05) is 0 Å². The molecular weight excluding hydrogens is 163 g/mol. The largest absolute Gasteiger partial charge is 1.00 e. The Morgan fingerprint density at radius 2 is 1.33 bits per heavy atom. The van der Waals surface area contributed by atoms with E-state index in [9.17, 15) is 0 Å². The van der Waals surface area contributed by atoms with E-state index in [2.05, 4.69) is 16.7 Å². The second kappa shape index (κ2) is 8.75. The van der Waals surface area contributed by atoms with Crippen LogP contribution in [0.15, 0.2) is 0 Å². The van der Waals surface area contributed by atoms with Crippen LogP contribution >= 0.6 is 0 Å². The van der Waals surface area contributed by atoms with Gasteiger partial charge in [0.05, 0.1) is 0 Å². The van der Waals surface area contributed by atoms with Crippen molar-refractivity contribution in [1.29, 1.82) is 0 Å². The van der Waals surface area contributed by atoms with Gasteiger partial charge in [0.15, 0.2) is 0 Å². The minimum atomic E-state index is -4.67. The average Bonchev–Trinajstić information content (AvgIpc) is 1.27. The molecule has 0 aliphatic heterocycles. The topological polar surface area (TPSA) is 136 Å². The molecule has 9 heteroatoms. The molecule has 0 spiro atoms. The van der Waals surface area contributed by atoms with Gasteiger partial charge in [0, 0.05) is 0 Å². The second-order valence-corrected chi connectivity index (χ2v) is 1.48. The van der Waals surface area contributed by atoms with E-state index in [0.717, 1.165) is 0 Å². The van der Waals surface area contributed by atoms with Crippen molar-refractivity contribution < 1.29 is 53.4 Å². The minimum Gasteiger partial charge on any atom is -1.00 e. The van der Waals surface area contributed by atoms with E-state index < -0.39 is 10.4 Å². The van der Waals surface area contributed by atoms with Crippen molar-refractivity contribution >= 4 is 10.4 Å². The van der Waals surface area contributed by atoms with Gasteiger partial charge in [-0.15, -0.1) is 0 Å². The molecular formula is H7N2NaO5S. The number of hydrogen-bond acceptors (Lipinski definition) is 5. The van der Waals surface area contributed by atoms with Crippen molar-refractivity contribution in [2.45, 2.75) is 0 Å². The molecule has 0 saturated carbocycles. The van der Waals surface area contributed by atoms with Gasteiger partial charge in [0.25, 0.3) is 0 Å². The summed E-state index contributed by atoms with van der Waals surface area (Å²) in [6.07, 6.45) is 0. The van der Waals surface area contributed by atoms with Crippen LogP contribution in [-0.4, -0.2) is 17.5 Å². The molecule has 0 radical (unpaired) electrons. The van der Waals surface area contributed by atoms with Gasteiger partial charge in [0.2, 0.25) is 0 Å². The van der Waals surface area contributed by atoms with Gasteiger partial charge in [-0.3, -0.25) is 9.11 Å². The molecule has 0 aliphatic carbocycles. The van der Waals surface area contributed by atoms with Crippen LogP contribution in [0.1, 0.15) is 1.43 Å². The molecule has 0 aliphatic rings. The summed E-state index contributed by atoms with van der Waals surface area (Å²) in [5.74, 6) is 8.25. The molecule has 9 heavy (non-hydrogen) atoms. The summed E-state index contributed by atoms with van der Waals surface area (Å²) >= 11 is 0. The third-order valence-electron chi connectivity index (χ3n) is 0. The maximum Gasteiger partial charge on any atom is 1.00 e. The Hall–Kier alpha value is 0.750. The molecule has 0 rings (SSSR count).